The van der Waals surface area contributed by atoms with Gasteiger partial charge >= 0.3 is 0 Å². The summed E-state index contributed by atoms with van der Waals surface area (Å²) in [5.74, 6) is 0.571. The summed E-state index contributed by atoms with van der Waals surface area (Å²) in [7, 11) is 0. The van der Waals surface area contributed by atoms with Gasteiger partial charge in [0.25, 0.3) is 0 Å². The first-order valence-electron chi connectivity index (χ1n) is 6.49. The molecule has 1 aliphatic rings. The van der Waals surface area contributed by atoms with Crippen molar-refractivity contribution in [2.45, 2.75) is 38.6 Å². The minimum atomic E-state index is -0.180. The predicted molar refractivity (Wildman–Crippen MR) is 77.5 cm³/mol. The highest BCUT2D eigenvalue weighted by atomic mass is 79.9. The van der Waals surface area contributed by atoms with E-state index in [-0.39, 0.29) is 11.9 Å². The Labute approximate surface area is 121 Å². The number of hydrogen-bond acceptors (Lipinski definition) is 1. The average molecular weight is 335 g/mol. The Hall–Kier alpha value is -0.120. The molecule has 1 aromatic rings. The molecule has 2 rings (SSSR count). The van der Waals surface area contributed by atoms with Crippen LogP contribution >= 0.6 is 27.5 Å². The van der Waals surface area contributed by atoms with Crippen molar-refractivity contribution in [2.75, 3.05) is 6.54 Å². The summed E-state index contributed by atoms with van der Waals surface area (Å²) in [5.41, 5.74) is 0.698. The van der Waals surface area contributed by atoms with E-state index in [9.17, 15) is 4.39 Å². The number of hydrogen-bond donors (Lipinski definition) is 1. The second-order valence-electron chi connectivity index (χ2n) is 4.97. The fraction of sp³-hybridized carbons (Fsp3) is 0.571. The van der Waals surface area contributed by atoms with Crippen LogP contribution in [0, 0.1) is 11.7 Å². The summed E-state index contributed by atoms with van der Waals surface area (Å²) in [6.07, 6.45) is 4.61. The van der Waals surface area contributed by atoms with Gasteiger partial charge in [0.1, 0.15) is 5.82 Å². The molecule has 100 valence electrons. The quantitative estimate of drug-likeness (QED) is 0.715. The Morgan fingerprint density at radius 2 is 2.22 bits per heavy atom. The van der Waals surface area contributed by atoms with Crippen LogP contribution in [0.4, 0.5) is 4.39 Å². The summed E-state index contributed by atoms with van der Waals surface area (Å²) in [6, 6.07) is 3.30. The van der Waals surface area contributed by atoms with Crippen LogP contribution in [-0.2, 0) is 0 Å². The van der Waals surface area contributed by atoms with Gasteiger partial charge in [-0.3, -0.25) is 0 Å². The third kappa shape index (κ3) is 3.69. The van der Waals surface area contributed by atoms with E-state index in [1.54, 1.807) is 6.07 Å². The molecule has 0 aromatic heterocycles. The summed E-state index contributed by atoms with van der Waals surface area (Å²) in [6.45, 7) is 3.02. The third-order valence-corrected chi connectivity index (χ3v) is 4.52. The van der Waals surface area contributed by atoms with Crippen LogP contribution in [0.25, 0.3) is 0 Å². The van der Waals surface area contributed by atoms with Crippen molar-refractivity contribution in [3.63, 3.8) is 0 Å². The molecule has 0 aliphatic heterocycles. The molecule has 0 bridgehead atoms. The molecular formula is C14H18BrClFN. The Balaban J connectivity index is 2.19. The van der Waals surface area contributed by atoms with Gasteiger partial charge in [-0.2, -0.15) is 0 Å². The first kappa shape index (κ1) is 14.3. The topological polar surface area (TPSA) is 12.0 Å². The van der Waals surface area contributed by atoms with E-state index in [1.165, 1.54) is 18.9 Å². The molecule has 1 nitrogen and oxygen atoms in total. The molecule has 1 aromatic carbocycles. The lowest BCUT2D eigenvalue weighted by molar-refractivity contribution is 0.453. The van der Waals surface area contributed by atoms with Crippen LogP contribution in [-0.4, -0.2) is 6.54 Å². The van der Waals surface area contributed by atoms with Crippen LogP contribution in [0.1, 0.15) is 44.2 Å². The number of halogens is 3. The Morgan fingerprint density at radius 3 is 2.83 bits per heavy atom. The molecule has 0 amide bonds. The number of benzene rings is 1. The standard InChI is InChI=1S/C14H18BrClFN/c1-2-5-18-14(6-9-3-4-9)10-7-12(16)11(15)8-13(10)17/h7-9,14,18H,2-6H2,1H3. The molecule has 0 heterocycles. The minimum absolute atomic E-state index is 0.0862. The first-order valence-corrected chi connectivity index (χ1v) is 7.66. The van der Waals surface area contributed by atoms with E-state index in [1.807, 2.05) is 0 Å². The van der Waals surface area contributed by atoms with Crippen molar-refractivity contribution in [2.24, 2.45) is 5.92 Å². The normalized spacial score (nSPS) is 16.9. The zero-order chi connectivity index (χ0) is 13.1. The molecule has 0 saturated heterocycles. The summed E-state index contributed by atoms with van der Waals surface area (Å²) < 4.78 is 14.7. The van der Waals surface area contributed by atoms with Gasteiger partial charge in [0.2, 0.25) is 0 Å². The zero-order valence-electron chi connectivity index (χ0n) is 10.5. The lowest BCUT2D eigenvalue weighted by Gasteiger charge is -2.20. The van der Waals surface area contributed by atoms with Crippen molar-refractivity contribution in [1.82, 2.24) is 5.32 Å². The second kappa shape index (κ2) is 6.36. The van der Waals surface area contributed by atoms with Crippen molar-refractivity contribution < 1.29 is 4.39 Å². The maximum atomic E-state index is 14.1. The molecule has 1 aliphatic carbocycles. The third-order valence-electron chi connectivity index (χ3n) is 3.32. The first-order chi connectivity index (χ1) is 8.61. The van der Waals surface area contributed by atoms with Crippen molar-refractivity contribution in [3.8, 4) is 0 Å². The Bertz CT molecular complexity index is 421. The highest BCUT2D eigenvalue weighted by Crippen LogP contribution is 2.39. The van der Waals surface area contributed by atoms with E-state index >= 15 is 0 Å². The molecule has 1 fully saturated rings. The van der Waals surface area contributed by atoms with E-state index in [0.717, 1.165) is 25.3 Å². The molecule has 0 radical (unpaired) electrons. The van der Waals surface area contributed by atoms with E-state index in [0.29, 0.717) is 15.1 Å². The molecular weight excluding hydrogens is 317 g/mol. The monoisotopic (exact) mass is 333 g/mol. The van der Waals surface area contributed by atoms with Gasteiger partial charge < -0.3 is 5.32 Å². The lowest BCUT2D eigenvalue weighted by Crippen LogP contribution is -2.23. The summed E-state index contributed by atoms with van der Waals surface area (Å²) >= 11 is 9.33. The summed E-state index contributed by atoms with van der Waals surface area (Å²) in [4.78, 5) is 0. The van der Waals surface area contributed by atoms with E-state index in [4.69, 9.17) is 11.6 Å². The van der Waals surface area contributed by atoms with Crippen molar-refractivity contribution in [1.29, 1.82) is 0 Å². The maximum Gasteiger partial charge on any atom is 0.129 e. The number of rotatable bonds is 6. The van der Waals surface area contributed by atoms with Crippen molar-refractivity contribution >= 4 is 27.5 Å². The zero-order valence-corrected chi connectivity index (χ0v) is 12.8. The van der Waals surface area contributed by atoms with Gasteiger partial charge in [-0.05, 0) is 53.4 Å². The summed E-state index contributed by atoms with van der Waals surface area (Å²) in [5, 5.41) is 4.01. The molecule has 1 unspecified atom stereocenters. The average Bonchev–Trinajstić information content (AvgIpc) is 3.13. The fourth-order valence-corrected chi connectivity index (χ4v) is 2.62. The van der Waals surface area contributed by atoms with Gasteiger partial charge in [0, 0.05) is 16.1 Å². The van der Waals surface area contributed by atoms with Crippen LogP contribution in [0.5, 0.6) is 0 Å². The second-order valence-corrected chi connectivity index (χ2v) is 6.24. The molecule has 1 atom stereocenters. The maximum absolute atomic E-state index is 14.1. The minimum Gasteiger partial charge on any atom is -0.310 e. The predicted octanol–water partition coefficient (Wildman–Crippen LogP) is 5.08. The molecule has 0 spiro atoms. The van der Waals surface area contributed by atoms with Crippen LogP contribution in [0.3, 0.4) is 0 Å². The number of nitrogens with one attached hydrogen (secondary N) is 1. The Morgan fingerprint density at radius 1 is 1.50 bits per heavy atom. The smallest absolute Gasteiger partial charge is 0.129 e. The molecule has 4 heteroatoms. The van der Waals surface area contributed by atoms with Crippen LogP contribution in [0.2, 0.25) is 5.02 Å². The van der Waals surface area contributed by atoms with Crippen LogP contribution in [0.15, 0.2) is 16.6 Å². The SMILES string of the molecule is CCCNC(CC1CC1)c1cc(Cl)c(Br)cc1F. The van der Waals surface area contributed by atoms with E-state index in [2.05, 4.69) is 28.2 Å². The van der Waals surface area contributed by atoms with Gasteiger partial charge in [-0.25, -0.2) is 4.39 Å². The molecule has 1 saturated carbocycles. The highest BCUT2D eigenvalue weighted by Gasteiger charge is 2.27. The molecule has 18 heavy (non-hydrogen) atoms. The largest absolute Gasteiger partial charge is 0.310 e. The highest BCUT2D eigenvalue weighted by molar-refractivity contribution is 9.10. The van der Waals surface area contributed by atoms with Gasteiger partial charge in [0.15, 0.2) is 0 Å². The molecule has 1 N–H and O–H groups in total. The van der Waals surface area contributed by atoms with Crippen molar-refractivity contribution in [3.05, 3.63) is 33.0 Å². The Kier molecular flexibility index (Phi) is 5.05. The van der Waals surface area contributed by atoms with Gasteiger partial charge in [-0.15, -0.1) is 0 Å². The van der Waals surface area contributed by atoms with E-state index < -0.39 is 0 Å². The lowest BCUT2D eigenvalue weighted by atomic mass is 10.0. The van der Waals surface area contributed by atoms with Gasteiger partial charge in [0.05, 0.1) is 5.02 Å². The fourth-order valence-electron chi connectivity index (χ4n) is 2.13. The van der Waals surface area contributed by atoms with Gasteiger partial charge in [-0.1, -0.05) is 31.4 Å². The van der Waals surface area contributed by atoms with Crippen LogP contribution < -0.4 is 5.32 Å².